The first-order chi connectivity index (χ1) is 19.5. The predicted molar refractivity (Wildman–Crippen MR) is 156 cm³/mol. The average Bonchev–Trinajstić information content (AvgIpc) is 2.95. The van der Waals surface area contributed by atoms with Crippen molar-refractivity contribution in [1.29, 1.82) is 0 Å². The molecule has 1 amide bonds. The van der Waals surface area contributed by atoms with Crippen LogP contribution in [0.3, 0.4) is 0 Å². The van der Waals surface area contributed by atoms with Crippen molar-refractivity contribution < 1.29 is 26.7 Å². The Morgan fingerprint density at radius 3 is 2.00 bits per heavy atom. The molecule has 41 heavy (non-hydrogen) atoms. The molecule has 1 fully saturated rings. The number of anilines is 3. The Morgan fingerprint density at radius 1 is 0.878 bits per heavy atom. The molecule has 1 aliphatic heterocycles. The van der Waals surface area contributed by atoms with Crippen LogP contribution in [0.15, 0.2) is 48.5 Å². The lowest BCUT2D eigenvalue weighted by Crippen LogP contribution is -2.47. The summed E-state index contributed by atoms with van der Waals surface area (Å²) in [6, 6.07) is 12.9. The monoisotopic (exact) mass is 608 g/mol. The molecule has 5 nitrogen and oxygen atoms in total. The van der Waals surface area contributed by atoms with E-state index in [2.05, 4.69) is 24.5 Å². The third-order valence-electron chi connectivity index (χ3n) is 6.60. The SMILES string of the molecule is CC(C)c1ccc(/C=C/C(=O)NC(=S)Nc2ccc(N3CCN(c4c(F)c(F)c(F)c(F)c4F)CC3)c(Cl)c2)cc1. The Balaban J connectivity index is 1.33. The number of carbonyl (C=O) groups is 1. The zero-order valence-electron chi connectivity index (χ0n) is 22.1. The van der Waals surface area contributed by atoms with E-state index in [1.165, 1.54) is 11.6 Å². The maximum absolute atomic E-state index is 14.2. The maximum atomic E-state index is 14.2. The number of piperazine rings is 1. The van der Waals surface area contributed by atoms with Crippen LogP contribution in [-0.4, -0.2) is 37.2 Å². The van der Waals surface area contributed by atoms with Crippen molar-refractivity contribution >= 4 is 58.0 Å². The molecule has 0 unspecified atom stereocenters. The number of hydrogen-bond acceptors (Lipinski definition) is 4. The Morgan fingerprint density at radius 2 is 1.44 bits per heavy atom. The number of nitrogens with zero attached hydrogens (tertiary/aromatic N) is 2. The maximum Gasteiger partial charge on any atom is 0.250 e. The van der Waals surface area contributed by atoms with Gasteiger partial charge in [0.25, 0.3) is 0 Å². The van der Waals surface area contributed by atoms with Crippen molar-refractivity contribution in [2.45, 2.75) is 19.8 Å². The molecular formula is C29H26ClF5N4OS. The number of carbonyl (C=O) groups excluding carboxylic acids is 1. The molecule has 216 valence electrons. The molecule has 1 saturated heterocycles. The summed E-state index contributed by atoms with van der Waals surface area (Å²) in [7, 11) is 0. The third kappa shape index (κ3) is 6.97. The normalized spacial score (nSPS) is 13.7. The van der Waals surface area contributed by atoms with Crippen molar-refractivity contribution in [2.24, 2.45) is 0 Å². The molecule has 12 heteroatoms. The standard InChI is InChI=1S/C29H26ClF5N4OS/c1-16(2)18-6-3-17(4-7-18)5-10-22(40)37-29(41)36-19-8-9-21(20(30)15-19)38-11-13-39(14-12-38)28-26(34)24(32)23(31)25(33)27(28)35/h3-10,15-16H,11-14H2,1-2H3,(H2,36,37,40,41)/b10-5+. The molecule has 0 atom stereocenters. The minimum Gasteiger partial charge on any atom is -0.367 e. The summed E-state index contributed by atoms with van der Waals surface area (Å²) in [5.41, 5.74) is 2.25. The van der Waals surface area contributed by atoms with Crippen molar-refractivity contribution in [3.05, 3.63) is 93.8 Å². The Hall–Kier alpha value is -3.70. The topological polar surface area (TPSA) is 47.6 Å². The van der Waals surface area contributed by atoms with E-state index in [0.717, 1.165) is 10.5 Å². The second kappa shape index (κ2) is 12.9. The summed E-state index contributed by atoms with van der Waals surface area (Å²) in [5.74, 6) is -9.86. The summed E-state index contributed by atoms with van der Waals surface area (Å²) in [4.78, 5) is 15.2. The highest BCUT2D eigenvalue weighted by atomic mass is 35.5. The van der Waals surface area contributed by atoms with Crippen LogP contribution in [0.25, 0.3) is 6.08 Å². The van der Waals surface area contributed by atoms with E-state index in [1.807, 2.05) is 29.2 Å². The fourth-order valence-electron chi connectivity index (χ4n) is 4.36. The van der Waals surface area contributed by atoms with Gasteiger partial charge in [-0.3, -0.25) is 10.1 Å². The van der Waals surface area contributed by atoms with Gasteiger partial charge in [-0.05, 0) is 53.5 Å². The summed E-state index contributed by atoms with van der Waals surface area (Å²) < 4.78 is 69.1. The lowest BCUT2D eigenvalue weighted by Gasteiger charge is -2.38. The van der Waals surface area contributed by atoms with Gasteiger partial charge in [0.05, 0.1) is 10.7 Å². The van der Waals surface area contributed by atoms with E-state index in [-0.39, 0.29) is 31.3 Å². The number of amides is 1. The van der Waals surface area contributed by atoms with Crippen LogP contribution < -0.4 is 20.4 Å². The van der Waals surface area contributed by atoms with Gasteiger partial charge in [0.1, 0.15) is 5.69 Å². The molecule has 4 rings (SSSR count). The highest BCUT2D eigenvalue weighted by Crippen LogP contribution is 2.33. The molecule has 2 N–H and O–H groups in total. The van der Waals surface area contributed by atoms with Gasteiger partial charge < -0.3 is 15.1 Å². The molecule has 0 spiro atoms. The van der Waals surface area contributed by atoms with Gasteiger partial charge in [-0.2, -0.15) is 0 Å². The lowest BCUT2D eigenvalue weighted by molar-refractivity contribution is -0.115. The van der Waals surface area contributed by atoms with Gasteiger partial charge in [0.15, 0.2) is 28.4 Å². The zero-order chi connectivity index (χ0) is 29.8. The quantitative estimate of drug-likeness (QED) is 0.104. The first kappa shape index (κ1) is 30.3. The number of benzene rings is 3. The van der Waals surface area contributed by atoms with Gasteiger partial charge in [-0.15, -0.1) is 0 Å². The summed E-state index contributed by atoms with van der Waals surface area (Å²) in [6.45, 7) is 4.64. The van der Waals surface area contributed by atoms with E-state index >= 15 is 0 Å². The van der Waals surface area contributed by atoms with Crippen LogP contribution in [0.4, 0.5) is 39.0 Å². The van der Waals surface area contributed by atoms with Gasteiger partial charge in [-0.1, -0.05) is 49.7 Å². The Bertz CT molecular complexity index is 1460. The highest BCUT2D eigenvalue weighted by Gasteiger charge is 2.31. The Kier molecular flexibility index (Phi) is 9.49. The number of thiocarbonyl (C=S) groups is 1. The van der Waals surface area contributed by atoms with Crippen molar-refractivity contribution in [2.75, 3.05) is 41.3 Å². The van der Waals surface area contributed by atoms with Gasteiger partial charge >= 0.3 is 0 Å². The highest BCUT2D eigenvalue weighted by molar-refractivity contribution is 7.80. The van der Waals surface area contributed by atoms with Crippen molar-refractivity contribution in [3.63, 3.8) is 0 Å². The summed E-state index contributed by atoms with van der Waals surface area (Å²) >= 11 is 11.7. The Labute approximate surface area is 244 Å². The number of rotatable bonds is 6. The molecule has 0 bridgehead atoms. The fraction of sp³-hybridized carbons (Fsp3) is 0.241. The minimum absolute atomic E-state index is 0.000187. The zero-order valence-corrected chi connectivity index (χ0v) is 23.7. The van der Waals surface area contributed by atoms with E-state index in [9.17, 15) is 26.7 Å². The van der Waals surface area contributed by atoms with Crippen LogP contribution in [0.1, 0.15) is 30.9 Å². The molecule has 0 saturated carbocycles. The van der Waals surface area contributed by atoms with Gasteiger partial charge in [-0.25, -0.2) is 22.0 Å². The molecule has 3 aromatic carbocycles. The minimum atomic E-state index is -2.19. The summed E-state index contributed by atoms with van der Waals surface area (Å²) in [6.07, 6.45) is 3.06. The van der Waals surface area contributed by atoms with Crippen LogP contribution in [-0.2, 0) is 4.79 Å². The molecule has 1 heterocycles. The number of hydrogen-bond donors (Lipinski definition) is 2. The van der Waals surface area contributed by atoms with Gasteiger partial charge in [0, 0.05) is 37.9 Å². The van der Waals surface area contributed by atoms with Crippen LogP contribution in [0.2, 0.25) is 5.02 Å². The van der Waals surface area contributed by atoms with Crippen molar-refractivity contribution in [3.8, 4) is 0 Å². The summed E-state index contributed by atoms with van der Waals surface area (Å²) in [5, 5.41) is 5.85. The molecule has 0 aliphatic carbocycles. The average molecular weight is 609 g/mol. The molecule has 3 aromatic rings. The van der Waals surface area contributed by atoms with Gasteiger partial charge in [0.2, 0.25) is 11.7 Å². The van der Waals surface area contributed by atoms with Crippen LogP contribution >= 0.6 is 23.8 Å². The predicted octanol–water partition coefficient (Wildman–Crippen LogP) is 7.01. The van der Waals surface area contributed by atoms with E-state index in [1.54, 1.807) is 24.3 Å². The molecule has 0 radical (unpaired) electrons. The first-order valence-electron chi connectivity index (χ1n) is 12.7. The fourth-order valence-corrected chi connectivity index (χ4v) is 4.88. The van der Waals surface area contributed by atoms with E-state index in [0.29, 0.717) is 22.3 Å². The number of nitrogens with one attached hydrogen (secondary N) is 2. The smallest absolute Gasteiger partial charge is 0.250 e. The lowest BCUT2D eigenvalue weighted by atomic mass is 10.0. The largest absolute Gasteiger partial charge is 0.367 e. The third-order valence-corrected chi connectivity index (χ3v) is 7.10. The van der Waals surface area contributed by atoms with Crippen LogP contribution in [0, 0.1) is 29.1 Å². The van der Waals surface area contributed by atoms with Crippen LogP contribution in [0.5, 0.6) is 0 Å². The van der Waals surface area contributed by atoms with E-state index in [4.69, 9.17) is 23.8 Å². The van der Waals surface area contributed by atoms with Crippen molar-refractivity contribution in [1.82, 2.24) is 5.32 Å². The first-order valence-corrected chi connectivity index (χ1v) is 13.5. The van der Waals surface area contributed by atoms with E-state index < -0.39 is 40.7 Å². The number of halogens is 6. The molecule has 1 aliphatic rings. The second-order valence-electron chi connectivity index (χ2n) is 9.66. The molecular weight excluding hydrogens is 583 g/mol. The molecule has 0 aromatic heterocycles. The second-order valence-corrected chi connectivity index (χ2v) is 10.5.